The molecule has 0 amide bonds. The van der Waals surface area contributed by atoms with Gasteiger partial charge in [-0.15, -0.1) is 0 Å². The van der Waals surface area contributed by atoms with E-state index in [1.807, 2.05) is 12.1 Å². The number of rotatable bonds is 4. The van der Waals surface area contributed by atoms with Crippen LogP contribution in [-0.2, 0) is 0 Å². The van der Waals surface area contributed by atoms with Crippen molar-refractivity contribution in [3.05, 3.63) is 35.7 Å². The number of aromatic nitrogens is 2. The number of pyridine rings is 2. The maximum Gasteiger partial charge on any atom is 0.166 e. The molecule has 0 bridgehead atoms. The van der Waals surface area contributed by atoms with Gasteiger partial charge in [0.05, 0.1) is 16.1 Å². The number of thioether (sulfide) groups is 1. The van der Waals surface area contributed by atoms with E-state index in [9.17, 15) is 0 Å². The van der Waals surface area contributed by atoms with Gasteiger partial charge in [-0.2, -0.15) is 0 Å². The first-order valence-electron chi connectivity index (χ1n) is 8.82. The molecule has 0 spiro atoms. The average molecular weight is 382 g/mol. The Morgan fingerprint density at radius 2 is 2.00 bits per heavy atom. The Morgan fingerprint density at radius 1 is 1.26 bits per heavy atom. The van der Waals surface area contributed by atoms with E-state index < -0.39 is 0 Å². The number of hydrogen-bond acceptors (Lipinski definition) is 7. The van der Waals surface area contributed by atoms with Crippen LogP contribution < -0.4 is 11.5 Å². The van der Waals surface area contributed by atoms with Crippen LogP contribution in [0.2, 0.25) is 0 Å². The van der Waals surface area contributed by atoms with Crippen molar-refractivity contribution in [2.45, 2.75) is 32.6 Å². The SMILES string of the molecule is C/C(N)=C(/C=N)c1cnc2ccc(N=C(N)SC(=N)C3CCCC3)nc2c1. The van der Waals surface area contributed by atoms with Gasteiger partial charge in [0.25, 0.3) is 0 Å². The molecule has 0 saturated heterocycles. The lowest BCUT2D eigenvalue weighted by molar-refractivity contribution is 0.736. The lowest BCUT2D eigenvalue weighted by Gasteiger charge is -2.09. The third kappa shape index (κ3) is 4.51. The molecule has 1 aliphatic carbocycles. The predicted molar refractivity (Wildman–Crippen MR) is 114 cm³/mol. The van der Waals surface area contributed by atoms with E-state index in [0.29, 0.717) is 38.7 Å². The van der Waals surface area contributed by atoms with E-state index in [1.165, 1.54) is 30.8 Å². The highest BCUT2D eigenvalue weighted by Gasteiger charge is 2.21. The first kappa shape index (κ1) is 19.0. The Hall–Kier alpha value is -2.74. The quantitative estimate of drug-likeness (QED) is 0.471. The lowest BCUT2D eigenvalue weighted by Crippen LogP contribution is -2.14. The molecule has 2 aromatic heterocycles. The first-order chi connectivity index (χ1) is 13.0. The number of allylic oxidation sites excluding steroid dienone is 2. The summed E-state index contributed by atoms with van der Waals surface area (Å²) in [5.74, 6) is 0.779. The standard InChI is InChI=1S/C19H23N7S/c1-11(21)14(9-20)13-8-16-15(24-10-13)6-7-17(25-16)26-19(23)27-18(22)12-4-2-3-5-12/h6-10,12,20,22H,2-5,21H2,1H3,(H2,23,25,26)/b14-11+,20-9?,22-18?. The summed E-state index contributed by atoms with van der Waals surface area (Å²) in [4.78, 5) is 13.2. The number of nitrogens with zero attached hydrogens (tertiary/aromatic N) is 3. The number of aliphatic imine (C=N–C) groups is 1. The van der Waals surface area contributed by atoms with Gasteiger partial charge < -0.3 is 16.9 Å². The van der Waals surface area contributed by atoms with Crippen LogP contribution in [0.15, 0.2) is 35.1 Å². The monoisotopic (exact) mass is 381 g/mol. The number of nitrogens with two attached hydrogens (primary N) is 2. The summed E-state index contributed by atoms with van der Waals surface area (Å²) in [5.41, 5.74) is 15.1. The molecule has 0 aromatic carbocycles. The number of fused-ring (bicyclic) bond motifs is 1. The van der Waals surface area contributed by atoms with Gasteiger partial charge in [0, 0.05) is 35.2 Å². The van der Waals surface area contributed by atoms with Crippen LogP contribution in [0.25, 0.3) is 16.6 Å². The fourth-order valence-electron chi connectivity index (χ4n) is 3.15. The Balaban J connectivity index is 1.85. The molecule has 0 radical (unpaired) electrons. The number of hydrogen-bond donors (Lipinski definition) is 4. The molecule has 1 aliphatic rings. The highest BCUT2D eigenvalue weighted by atomic mass is 32.2. The van der Waals surface area contributed by atoms with Crippen molar-refractivity contribution in [2.75, 3.05) is 0 Å². The summed E-state index contributed by atoms with van der Waals surface area (Å²) in [6, 6.07) is 5.42. The van der Waals surface area contributed by atoms with Crippen LogP contribution in [0, 0.1) is 16.7 Å². The smallest absolute Gasteiger partial charge is 0.166 e. The van der Waals surface area contributed by atoms with E-state index in [-0.39, 0.29) is 0 Å². The van der Waals surface area contributed by atoms with E-state index in [4.69, 9.17) is 22.3 Å². The highest BCUT2D eigenvalue weighted by Crippen LogP contribution is 2.30. The minimum atomic E-state index is 0.311. The Morgan fingerprint density at radius 3 is 2.67 bits per heavy atom. The molecule has 2 aromatic rings. The second-order valence-corrected chi connectivity index (χ2v) is 7.63. The Bertz CT molecular complexity index is 938. The maximum absolute atomic E-state index is 8.18. The molecule has 7 nitrogen and oxygen atoms in total. The van der Waals surface area contributed by atoms with Gasteiger partial charge in [0.1, 0.15) is 0 Å². The summed E-state index contributed by atoms with van der Waals surface area (Å²) < 4.78 is 0. The molecule has 27 heavy (non-hydrogen) atoms. The van der Waals surface area contributed by atoms with E-state index in [0.717, 1.165) is 23.9 Å². The van der Waals surface area contributed by atoms with Gasteiger partial charge in [-0.3, -0.25) is 10.4 Å². The minimum Gasteiger partial charge on any atom is -0.402 e. The topological polar surface area (TPSA) is 138 Å². The van der Waals surface area contributed by atoms with E-state index >= 15 is 0 Å². The summed E-state index contributed by atoms with van der Waals surface area (Å²) in [6.45, 7) is 1.75. The lowest BCUT2D eigenvalue weighted by atomic mass is 10.1. The van der Waals surface area contributed by atoms with Crippen LogP contribution >= 0.6 is 11.8 Å². The third-order valence-corrected chi connectivity index (χ3v) is 5.42. The van der Waals surface area contributed by atoms with E-state index in [1.54, 1.807) is 19.2 Å². The molecule has 0 aliphatic heterocycles. The van der Waals surface area contributed by atoms with Crippen molar-refractivity contribution >= 4 is 50.6 Å². The van der Waals surface area contributed by atoms with Gasteiger partial charge in [0.15, 0.2) is 11.0 Å². The molecule has 8 heteroatoms. The molecular weight excluding hydrogens is 358 g/mol. The van der Waals surface area contributed by atoms with Crippen LogP contribution in [-0.4, -0.2) is 26.4 Å². The van der Waals surface area contributed by atoms with Crippen LogP contribution in [0.3, 0.4) is 0 Å². The third-order valence-electron chi connectivity index (χ3n) is 4.57. The summed E-state index contributed by atoms with van der Waals surface area (Å²) in [6.07, 6.45) is 7.37. The molecule has 6 N–H and O–H groups in total. The molecule has 3 rings (SSSR count). The second-order valence-electron chi connectivity index (χ2n) is 6.57. The van der Waals surface area contributed by atoms with Gasteiger partial charge in [-0.25, -0.2) is 9.98 Å². The fourth-order valence-corrected chi connectivity index (χ4v) is 3.92. The van der Waals surface area contributed by atoms with Gasteiger partial charge in [-0.05, 0) is 49.7 Å². The van der Waals surface area contributed by atoms with Crippen molar-refractivity contribution in [3.63, 3.8) is 0 Å². The minimum absolute atomic E-state index is 0.311. The van der Waals surface area contributed by atoms with Crippen molar-refractivity contribution in [2.24, 2.45) is 22.4 Å². The maximum atomic E-state index is 8.18. The van der Waals surface area contributed by atoms with Crippen molar-refractivity contribution in [3.8, 4) is 0 Å². The van der Waals surface area contributed by atoms with Crippen molar-refractivity contribution < 1.29 is 0 Å². The first-order valence-corrected chi connectivity index (χ1v) is 9.64. The van der Waals surface area contributed by atoms with Crippen molar-refractivity contribution in [1.29, 1.82) is 10.8 Å². The normalized spacial score (nSPS) is 16.4. The van der Waals surface area contributed by atoms with Gasteiger partial charge in [0.2, 0.25) is 0 Å². The zero-order valence-electron chi connectivity index (χ0n) is 15.2. The molecular formula is C19H23N7S. The zero-order chi connectivity index (χ0) is 19.4. The number of amidine groups is 1. The molecule has 1 fully saturated rings. The second kappa shape index (κ2) is 8.30. The average Bonchev–Trinajstić information content (AvgIpc) is 3.16. The van der Waals surface area contributed by atoms with Crippen LogP contribution in [0.5, 0.6) is 0 Å². The predicted octanol–water partition coefficient (Wildman–Crippen LogP) is 3.82. The summed E-state index contributed by atoms with van der Waals surface area (Å²) >= 11 is 1.21. The van der Waals surface area contributed by atoms with E-state index in [2.05, 4.69) is 15.0 Å². The Labute approximate surface area is 162 Å². The molecule has 140 valence electrons. The largest absolute Gasteiger partial charge is 0.402 e. The van der Waals surface area contributed by atoms with Gasteiger partial charge >= 0.3 is 0 Å². The van der Waals surface area contributed by atoms with Crippen molar-refractivity contribution in [1.82, 2.24) is 9.97 Å². The molecule has 1 saturated carbocycles. The summed E-state index contributed by atoms with van der Waals surface area (Å²) in [5, 5.41) is 16.6. The zero-order valence-corrected chi connectivity index (χ0v) is 16.0. The van der Waals surface area contributed by atoms with Gasteiger partial charge in [-0.1, -0.05) is 12.8 Å². The molecule has 0 unspecified atom stereocenters. The fraction of sp³-hybridized carbons (Fsp3) is 0.316. The highest BCUT2D eigenvalue weighted by molar-refractivity contribution is 8.26. The number of nitrogens with one attached hydrogen (secondary N) is 2. The molecule has 0 atom stereocenters. The van der Waals surface area contributed by atoms with Crippen LogP contribution in [0.1, 0.15) is 38.2 Å². The Kier molecular flexibility index (Phi) is 5.85. The van der Waals surface area contributed by atoms with Crippen LogP contribution in [0.4, 0.5) is 5.82 Å². The summed E-state index contributed by atoms with van der Waals surface area (Å²) in [7, 11) is 0. The molecule has 2 heterocycles.